The van der Waals surface area contributed by atoms with Crippen LogP contribution in [0.25, 0.3) is 22.6 Å². The molecule has 0 aliphatic heterocycles. The molecule has 0 atom stereocenters. The molecule has 0 bridgehead atoms. The van der Waals surface area contributed by atoms with E-state index in [0.29, 0.717) is 60.4 Å². The van der Waals surface area contributed by atoms with Crippen molar-refractivity contribution in [3.63, 3.8) is 0 Å². The minimum atomic E-state index is -0.456. The first-order chi connectivity index (χ1) is 15.1. The summed E-state index contributed by atoms with van der Waals surface area (Å²) in [6.07, 6.45) is 3.32. The zero-order chi connectivity index (χ0) is 21.8. The number of rotatable bonds is 8. The summed E-state index contributed by atoms with van der Waals surface area (Å²) in [6.45, 7) is 3.51. The molecule has 0 saturated heterocycles. The van der Waals surface area contributed by atoms with Gasteiger partial charge in [-0.05, 0) is 19.2 Å². The normalized spacial score (nSPS) is 11.2. The van der Waals surface area contributed by atoms with E-state index in [1.165, 1.54) is 6.07 Å². The molecule has 0 radical (unpaired) electrons. The molecule has 0 aromatic carbocycles. The molecule has 4 heterocycles. The van der Waals surface area contributed by atoms with Crippen molar-refractivity contribution < 1.29 is 9.13 Å². The molecule has 0 amide bonds. The third kappa shape index (κ3) is 4.43. The summed E-state index contributed by atoms with van der Waals surface area (Å²) in [7, 11) is 1.86. The van der Waals surface area contributed by atoms with Crippen molar-refractivity contribution in [3.8, 4) is 17.3 Å². The van der Waals surface area contributed by atoms with E-state index in [-0.39, 0.29) is 5.82 Å². The van der Waals surface area contributed by atoms with E-state index in [9.17, 15) is 4.39 Å². The number of pyridine rings is 2. The lowest BCUT2D eigenvalue weighted by Crippen LogP contribution is -2.16. The minimum Gasteiger partial charge on any atom is -0.476 e. The van der Waals surface area contributed by atoms with Crippen molar-refractivity contribution in [1.29, 1.82) is 0 Å². The third-order valence-electron chi connectivity index (χ3n) is 4.65. The van der Waals surface area contributed by atoms with Gasteiger partial charge in [0.05, 0.1) is 18.4 Å². The lowest BCUT2D eigenvalue weighted by Gasteiger charge is -2.11. The number of nitrogens with two attached hydrogens (primary N) is 1. The summed E-state index contributed by atoms with van der Waals surface area (Å²) in [6, 6.07) is 6.94. The second-order valence-electron chi connectivity index (χ2n) is 6.88. The van der Waals surface area contributed by atoms with Crippen LogP contribution in [0.5, 0.6) is 5.88 Å². The molecule has 9 nitrogen and oxygen atoms in total. The van der Waals surface area contributed by atoms with Gasteiger partial charge in [-0.15, -0.1) is 0 Å². The van der Waals surface area contributed by atoms with Crippen LogP contribution in [0, 0.1) is 5.82 Å². The van der Waals surface area contributed by atoms with Gasteiger partial charge in [0.1, 0.15) is 24.1 Å². The van der Waals surface area contributed by atoms with E-state index in [2.05, 4.69) is 30.2 Å². The maximum Gasteiger partial charge on any atom is 0.213 e. The average Bonchev–Trinajstić information content (AvgIpc) is 3.13. The van der Waals surface area contributed by atoms with Crippen LogP contribution in [0.4, 0.5) is 10.2 Å². The highest BCUT2D eigenvalue weighted by atomic mass is 19.1. The number of imidazole rings is 1. The summed E-state index contributed by atoms with van der Waals surface area (Å²) in [4.78, 5) is 22.1. The van der Waals surface area contributed by atoms with Gasteiger partial charge >= 0.3 is 0 Å². The zero-order valence-electron chi connectivity index (χ0n) is 17.3. The van der Waals surface area contributed by atoms with Crippen molar-refractivity contribution >= 4 is 17.0 Å². The molecule has 160 valence electrons. The monoisotopic (exact) mass is 422 g/mol. The topological polar surface area (TPSA) is 117 Å². The summed E-state index contributed by atoms with van der Waals surface area (Å²) >= 11 is 0. The van der Waals surface area contributed by atoms with Crippen LogP contribution in [0.3, 0.4) is 0 Å². The Kier molecular flexibility index (Phi) is 5.99. The van der Waals surface area contributed by atoms with Crippen LogP contribution in [-0.4, -0.2) is 49.7 Å². The Balaban J connectivity index is 1.81. The Bertz CT molecular complexity index is 1210. The minimum absolute atomic E-state index is 0.281. The number of hydrogen-bond donors (Lipinski definition) is 2. The van der Waals surface area contributed by atoms with E-state index in [1.807, 2.05) is 30.7 Å². The Labute approximate surface area is 178 Å². The number of halogens is 1. The van der Waals surface area contributed by atoms with Crippen LogP contribution < -0.4 is 15.8 Å². The Morgan fingerprint density at radius 1 is 1.16 bits per heavy atom. The van der Waals surface area contributed by atoms with Gasteiger partial charge in [0.15, 0.2) is 17.0 Å². The number of likely N-dealkylation sites (N-methyl/N-ethyl adjacent to an activating group) is 1. The molecule has 0 saturated carbocycles. The van der Waals surface area contributed by atoms with E-state index < -0.39 is 5.82 Å². The number of nitrogen functional groups attached to an aromatic ring is 1. The Morgan fingerprint density at radius 3 is 2.81 bits per heavy atom. The molecule has 10 heteroatoms. The van der Waals surface area contributed by atoms with Crippen molar-refractivity contribution in [3.05, 3.63) is 54.0 Å². The van der Waals surface area contributed by atoms with Gasteiger partial charge in [0.2, 0.25) is 5.88 Å². The first-order valence-electron chi connectivity index (χ1n) is 9.96. The standard InChI is InChI=1S/C21H23FN8O/c1-3-16-27-19(23)18-21(28-16)30(20(29-18)13-9-14(22)11-25-10-13)12-15-5-4-6-17(26-15)31-8-7-24-2/h4-6,9-11,24H,3,7-8,12H2,1-2H3,(H2,23,27,28). The molecule has 3 N–H and O–H groups in total. The number of ether oxygens (including phenoxy) is 1. The first-order valence-corrected chi connectivity index (χ1v) is 9.96. The second kappa shape index (κ2) is 9.00. The van der Waals surface area contributed by atoms with Crippen LogP contribution in [0.15, 0.2) is 36.7 Å². The smallest absolute Gasteiger partial charge is 0.213 e. The number of nitrogens with zero attached hydrogens (tertiary/aromatic N) is 6. The fourth-order valence-corrected chi connectivity index (χ4v) is 3.18. The summed E-state index contributed by atoms with van der Waals surface area (Å²) in [5.74, 6) is 1.44. The van der Waals surface area contributed by atoms with Gasteiger partial charge < -0.3 is 20.4 Å². The zero-order valence-corrected chi connectivity index (χ0v) is 17.3. The summed E-state index contributed by atoms with van der Waals surface area (Å²) in [5, 5.41) is 3.03. The van der Waals surface area contributed by atoms with Crippen molar-refractivity contribution in [2.45, 2.75) is 19.9 Å². The molecule has 4 aromatic rings. The van der Waals surface area contributed by atoms with Gasteiger partial charge in [-0.25, -0.2) is 24.3 Å². The molecule has 4 rings (SSSR count). The van der Waals surface area contributed by atoms with Crippen LogP contribution in [0.2, 0.25) is 0 Å². The highest BCUT2D eigenvalue weighted by molar-refractivity contribution is 5.85. The first kappa shape index (κ1) is 20.6. The molecule has 0 aliphatic carbocycles. The highest BCUT2D eigenvalue weighted by Crippen LogP contribution is 2.27. The number of aromatic nitrogens is 6. The summed E-state index contributed by atoms with van der Waals surface area (Å²) in [5.41, 5.74) is 8.42. The van der Waals surface area contributed by atoms with Crippen molar-refractivity contribution in [2.24, 2.45) is 0 Å². The molecule has 4 aromatic heterocycles. The number of hydrogen-bond acceptors (Lipinski definition) is 8. The van der Waals surface area contributed by atoms with Gasteiger partial charge in [-0.1, -0.05) is 13.0 Å². The van der Waals surface area contributed by atoms with Crippen molar-refractivity contribution in [1.82, 2.24) is 34.8 Å². The van der Waals surface area contributed by atoms with Gasteiger partial charge in [0, 0.05) is 30.8 Å². The number of aryl methyl sites for hydroxylation is 1. The third-order valence-corrected chi connectivity index (χ3v) is 4.65. The van der Waals surface area contributed by atoms with Crippen LogP contribution in [-0.2, 0) is 13.0 Å². The Hall–Kier alpha value is -3.66. The fourth-order valence-electron chi connectivity index (χ4n) is 3.18. The van der Waals surface area contributed by atoms with E-state index in [0.717, 1.165) is 11.9 Å². The van der Waals surface area contributed by atoms with E-state index in [4.69, 9.17) is 10.5 Å². The molecule has 31 heavy (non-hydrogen) atoms. The quantitative estimate of drug-likeness (QED) is 0.415. The van der Waals surface area contributed by atoms with Gasteiger partial charge in [0.25, 0.3) is 0 Å². The lowest BCUT2D eigenvalue weighted by molar-refractivity contribution is 0.305. The van der Waals surface area contributed by atoms with Crippen molar-refractivity contribution in [2.75, 3.05) is 25.9 Å². The number of anilines is 1. The summed E-state index contributed by atoms with van der Waals surface area (Å²) < 4.78 is 21.4. The average molecular weight is 422 g/mol. The predicted molar refractivity (Wildman–Crippen MR) is 115 cm³/mol. The lowest BCUT2D eigenvalue weighted by atomic mass is 10.2. The predicted octanol–water partition coefficient (Wildman–Crippen LogP) is 2.21. The van der Waals surface area contributed by atoms with E-state index >= 15 is 0 Å². The van der Waals surface area contributed by atoms with Gasteiger partial charge in [-0.3, -0.25) is 4.98 Å². The number of nitrogens with one attached hydrogen (secondary N) is 1. The molecule has 0 spiro atoms. The maximum absolute atomic E-state index is 13.9. The molecule has 0 fully saturated rings. The Morgan fingerprint density at radius 2 is 2.03 bits per heavy atom. The van der Waals surface area contributed by atoms with E-state index in [1.54, 1.807) is 12.3 Å². The highest BCUT2D eigenvalue weighted by Gasteiger charge is 2.19. The second-order valence-corrected chi connectivity index (χ2v) is 6.88. The fraction of sp³-hybridized carbons (Fsp3) is 0.286. The number of fused-ring (bicyclic) bond motifs is 1. The SMILES string of the molecule is CCc1nc(N)c2nc(-c3cncc(F)c3)n(Cc3cccc(OCCNC)n3)c2n1. The molecule has 0 aliphatic rings. The largest absolute Gasteiger partial charge is 0.476 e. The van der Waals surface area contributed by atoms with Gasteiger partial charge in [-0.2, -0.15) is 0 Å². The van der Waals surface area contributed by atoms with Crippen LogP contribution in [0.1, 0.15) is 18.4 Å². The molecular weight excluding hydrogens is 399 g/mol. The molecule has 0 unspecified atom stereocenters. The van der Waals surface area contributed by atoms with Crippen LogP contribution >= 0.6 is 0 Å². The molecular formula is C21H23FN8O. The maximum atomic E-state index is 13.9.